The van der Waals surface area contributed by atoms with Gasteiger partial charge in [-0.3, -0.25) is 0 Å². The van der Waals surface area contributed by atoms with Crippen molar-refractivity contribution in [2.75, 3.05) is 6.61 Å². The monoisotopic (exact) mass is 610 g/mol. The van der Waals surface area contributed by atoms with Gasteiger partial charge in [0.1, 0.15) is 0 Å². The van der Waals surface area contributed by atoms with Crippen LogP contribution in [0.4, 0.5) is 0 Å². The predicted octanol–water partition coefficient (Wildman–Crippen LogP) is 7.56. The Hall–Kier alpha value is 0.758. The lowest BCUT2D eigenvalue weighted by Gasteiger charge is -2.50. The minimum Gasteiger partial charge on any atom is -0.453 e. The van der Waals surface area contributed by atoms with Crippen molar-refractivity contribution in [2.24, 2.45) is 0 Å². The van der Waals surface area contributed by atoms with Gasteiger partial charge in [0.25, 0.3) is 0 Å². The molecule has 0 N–H and O–H groups in total. The molecule has 3 atom stereocenters. The van der Waals surface area contributed by atoms with Crippen LogP contribution in [0.2, 0.25) is 102 Å². The Kier molecular flexibility index (Phi) is 11.9. The predicted molar refractivity (Wildman–Crippen MR) is 166 cm³/mol. The zero-order valence-electron chi connectivity index (χ0n) is 24.8. The van der Waals surface area contributed by atoms with Crippen molar-refractivity contribution in [3.8, 4) is 0 Å². The molecular formula is C22H54O6Si7. The zero-order chi connectivity index (χ0) is 27.4. The fourth-order valence-electron chi connectivity index (χ4n) is 4.60. The maximum absolute atomic E-state index is 7.18. The van der Waals surface area contributed by atoms with Gasteiger partial charge in [-0.05, 0) is 102 Å². The molecule has 1 fully saturated rings. The average Bonchev–Trinajstić information content (AvgIpc) is 2.67. The molecule has 0 radical (unpaired) electrons. The molecule has 1 rings (SSSR count). The minimum atomic E-state index is -2.59. The van der Waals surface area contributed by atoms with Crippen molar-refractivity contribution in [3.05, 3.63) is 24.9 Å². The Morgan fingerprint density at radius 3 is 1.66 bits per heavy atom. The molecule has 0 amide bonds. The molecule has 1 aliphatic rings. The first-order valence-electron chi connectivity index (χ1n) is 13.0. The first kappa shape index (κ1) is 33.8. The maximum Gasteiger partial charge on any atom is 0.317 e. The van der Waals surface area contributed by atoms with Crippen LogP contribution < -0.4 is 0 Å². The van der Waals surface area contributed by atoms with E-state index in [1.165, 1.54) is 0 Å². The third-order valence-electron chi connectivity index (χ3n) is 6.41. The molecule has 35 heavy (non-hydrogen) atoms. The van der Waals surface area contributed by atoms with E-state index in [0.717, 1.165) is 30.2 Å². The van der Waals surface area contributed by atoms with Gasteiger partial charge in [0.05, 0.1) is 6.61 Å². The molecular weight excluding hydrogens is 557 g/mol. The lowest BCUT2D eigenvalue weighted by atomic mass is 10.7. The van der Waals surface area contributed by atoms with Crippen LogP contribution in [0.3, 0.4) is 0 Å². The topological polar surface area (TPSA) is 55.4 Å². The van der Waals surface area contributed by atoms with Crippen LogP contribution in [0.15, 0.2) is 24.9 Å². The minimum absolute atomic E-state index is 0.600. The van der Waals surface area contributed by atoms with Gasteiger partial charge in [-0.25, -0.2) is 0 Å². The summed E-state index contributed by atoms with van der Waals surface area (Å²) in [5.41, 5.74) is 2.03. The third kappa shape index (κ3) is 12.0. The Morgan fingerprint density at radius 2 is 1.17 bits per heavy atom. The Labute approximate surface area is 224 Å². The van der Waals surface area contributed by atoms with Crippen LogP contribution in [-0.2, 0) is 25.0 Å². The molecule has 1 saturated heterocycles. The second-order valence-electron chi connectivity index (χ2n) is 12.6. The highest BCUT2D eigenvalue weighted by molar-refractivity contribution is 6.94. The van der Waals surface area contributed by atoms with E-state index in [4.69, 9.17) is 25.0 Å². The van der Waals surface area contributed by atoms with Crippen LogP contribution >= 0.6 is 0 Å². The molecule has 6 nitrogen and oxygen atoms in total. The summed E-state index contributed by atoms with van der Waals surface area (Å²) in [6.45, 7) is 35.1. The van der Waals surface area contributed by atoms with Crippen molar-refractivity contribution in [1.82, 2.24) is 0 Å². The van der Waals surface area contributed by atoms with Crippen molar-refractivity contribution in [2.45, 2.75) is 109 Å². The summed E-state index contributed by atoms with van der Waals surface area (Å²) in [5, 5.41) is 0. The Bertz CT molecular complexity index is 735. The molecule has 0 saturated carbocycles. The molecule has 1 aliphatic heterocycles. The second-order valence-corrected chi connectivity index (χ2v) is 39.9. The number of rotatable bonds is 13. The van der Waals surface area contributed by atoms with Crippen LogP contribution in [0, 0.1) is 0 Å². The van der Waals surface area contributed by atoms with E-state index in [0.29, 0.717) is 6.61 Å². The quantitative estimate of drug-likeness (QED) is 0.158. The Morgan fingerprint density at radius 1 is 0.714 bits per heavy atom. The van der Waals surface area contributed by atoms with E-state index in [1.807, 2.05) is 11.8 Å². The normalized spacial score (nSPS) is 30.4. The van der Waals surface area contributed by atoms with Gasteiger partial charge in [0.2, 0.25) is 0 Å². The molecule has 0 aromatic rings. The summed E-state index contributed by atoms with van der Waals surface area (Å²) in [5.74, 6) is 0. The van der Waals surface area contributed by atoms with Crippen molar-refractivity contribution < 1.29 is 25.0 Å². The average molecular weight is 611 g/mol. The van der Waals surface area contributed by atoms with Gasteiger partial charge >= 0.3 is 34.2 Å². The molecule has 0 spiro atoms. The van der Waals surface area contributed by atoms with E-state index < -0.39 is 59.2 Å². The van der Waals surface area contributed by atoms with E-state index in [-0.39, 0.29) is 0 Å². The number of hydrogen-bond donors (Lipinski definition) is 0. The van der Waals surface area contributed by atoms with Gasteiger partial charge in [-0.1, -0.05) is 18.7 Å². The smallest absolute Gasteiger partial charge is 0.317 e. The highest BCUT2D eigenvalue weighted by Gasteiger charge is 2.55. The highest BCUT2D eigenvalue weighted by atomic mass is 28.5. The summed E-state index contributed by atoms with van der Waals surface area (Å²) < 4.78 is 40.8. The first-order valence-corrected chi connectivity index (χ1v) is 32.6. The molecule has 0 bridgehead atoms. The standard InChI is InChI=1S/C22H54O6Si7/c1-15-18-23-30(6,7)19-21-34(13)26-32(10,11)25-33(12,17-3)27-35(14,28-34)22-20-31(8,9)24-29(4,5)16-2/h15-16H,1-2,17-22H2,3-14H3. The fourth-order valence-corrected chi connectivity index (χ4v) is 40.8. The molecule has 206 valence electrons. The first-order chi connectivity index (χ1) is 15.6. The molecule has 13 heteroatoms. The van der Waals surface area contributed by atoms with Gasteiger partial charge in [-0.2, -0.15) is 0 Å². The van der Waals surface area contributed by atoms with Crippen LogP contribution in [0.1, 0.15) is 6.92 Å². The molecule has 0 aromatic carbocycles. The maximum atomic E-state index is 7.18. The van der Waals surface area contributed by atoms with Crippen LogP contribution in [0.25, 0.3) is 0 Å². The summed E-state index contributed by atoms with van der Waals surface area (Å²) >= 11 is 0. The Balaban J connectivity index is 3.22. The lowest BCUT2D eigenvalue weighted by molar-refractivity contribution is 0.227. The van der Waals surface area contributed by atoms with E-state index in [2.05, 4.69) is 92.1 Å². The lowest BCUT2D eigenvalue weighted by Crippen LogP contribution is -2.66. The SMILES string of the molecule is C=CCO[Si](C)(C)CC[Si]1(C)O[Si](C)(C)O[Si](C)(CC)O[Si](C)(CC[Si](C)(C)O[Si](C)(C)C=C)O1. The largest absolute Gasteiger partial charge is 0.453 e. The summed E-state index contributed by atoms with van der Waals surface area (Å²) in [6.07, 6.45) is 1.83. The van der Waals surface area contributed by atoms with Crippen LogP contribution in [0.5, 0.6) is 0 Å². The van der Waals surface area contributed by atoms with E-state index in [9.17, 15) is 0 Å². The van der Waals surface area contributed by atoms with Gasteiger partial charge in [-0.15, -0.1) is 13.2 Å². The fraction of sp³-hybridized carbons (Fsp3) is 0.818. The molecule has 3 unspecified atom stereocenters. The van der Waals surface area contributed by atoms with Crippen molar-refractivity contribution >= 4 is 59.2 Å². The summed E-state index contributed by atoms with van der Waals surface area (Å²) in [4.78, 5) is 0. The molecule has 1 heterocycles. The van der Waals surface area contributed by atoms with E-state index in [1.54, 1.807) is 0 Å². The third-order valence-corrected chi connectivity index (χ3v) is 34.5. The van der Waals surface area contributed by atoms with Gasteiger partial charge in [0.15, 0.2) is 25.0 Å². The van der Waals surface area contributed by atoms with Crippen LogP contribution in [-0.4, -0.2) is 65.8 Å². The second kappa shape index (κ2) is 12.3. The molecule has 0 aromatic heterocycles. The summed E-state index contributed by atoms with van der Waals surface area (Å²) in [7, 11) is -15.6. The number of hydrogen-bond acceptors (Lipinski definition) is 6. The molecule has 0 aliphatic carbocycles. The van der Waals surface area contributed by atoms with Gasteiger partial charge < -0.3 is 25.0 Å². The summed E-state index contributed by atoms with van der Waals surface area (Å²) in [6, 6.07) is 4.68. The van der Waals surface area contributed by atoms with Gasteiger partial charge in [0, 0.05) is 0 Å². The highest BCUT2D eigenvalue weighted by Crippen LogP contribution is 2.38. The van der Waals surface area contributed by atoms with E-state index >= 15 is 0 Å². The zero-order valence-corrected chi connectivity index (χ0v) is 31.8. The van der Waals surface area contributed by atoms with Crippen molar-refractivity contribution in [1.29, 1.82) is 0 Å². The van der Waals surface area contributed by atoms with Crippen molar-refractivity contribution in [3.63, 3.8) is 0 Å².